The lowest BCUT2D eigenvalue weighted by Crippen LogP contribution is -1.89. The van der Waals surface area contributed by atoms with E-state index in [0.29, 0.717) is 0 Å². The van der Waals surface area contributed by atoms with Crippen LogP contribution in [0.5, 0.6) is 0 Å². The Labute approximate surface area is 99.6 Å². The Hall–Kier alpha value is -1.19. The molecule has 1 heterocycles. The van der Waals surface area contributed by atoms with Gasteiger partial charge in [-0.1, -0.05) is 30.3 Å². The molecule has 3 heteroatoms. The zero-order valence-corrected chi connectivity index (χ0v) is 10.1. The average molecular weight is 233 g/mol. The summed E-state index contributed by atoms with van der Waals surface area (Å²) < 4.78 is 0. The van der Waals surface area contributed by atoms with E-state index in [1.807, 2.05) is 6.07 Å². The van der Waals surface area contributed by atoms with E-state index in [2.05, 4.69) is 29.2 Å². The molecule has 0 amide bonds. The first-order chi connectivity index (χ1) is 7.75. The van der Waals surface area contributed by atoms with Crippen molar-refractivity contribution < 1.29 is 5.11 Å². The van der Waals surface area contributed by atoms with Crippen molar-refractivity contribution in [2.75, 3.05) is 0 Å². The Morgan fingerprint density at radius 3 is 2.62 bits per heavy atom. The second-order valence-electron chi connectivity index (χ2n) is 3.82. The van der Waals surface area contributed by atoms with Crippen molar-refractivity contribution in [2.24, 2.45) is 0 Å². The van der Waals surface area contributed by atoms with Gasteiger partial charge in [0.1, 0.15) is 0 Å². The van der Waals surface area contributed by atoms with E-state index < -0.39 is 6.10 Å². The molecule has 0 spiro atoms. The molecule has 1 N–H and O–H groups in total. The van der Waals surface area contributed by atoms with Crippen molar-refractivity contribution in [3.8, 4) is 0 Å². The molecule has 1 atom stereocenters. The molecule has 16 heavy (non-hydrogen) atoms. The number of aliphatic hydroxyl groups is 1. The molecule has 0 radical (unpaired) electrons. The van der Waals surface area contributed by atoms with Crippen LogP contribution < -0.4 is 0 Å². The molecule has 1 aromatic heterocycles. The summed E-state index contributed by atoms with van der Waals surface area (Å²) in [6, 6.07) is 10.4. The zero-order chi connectivity index (χ0) is 11.4. The van der Waals surface area contributed by atoms with Gasteiger partial charge in [-0.3, -0.25) is 0 Å². The van der Waals surface area contributed by atoms with Gasteiger partial charge in [-0.05, 0) is 18.9 Å². The minimum atomic E-state index is -0.400. The summed E-state index contributed by atoms with van der Waals surface area (Å²) in [6.07, 6.45) is 3.33. The lowest BCUT2D eigenvalue weighted by Gasteiger charge is -1.98. The highest BCUT2D eigenvalue weighted by Crippen LogP contribution is 2.21. The Balaban J connectivity index is 1.95. The quantitative estimate of drug-likeness (QED) is 0.880. The first kappa shape index (κ1) is 11.3. The summed E-state index contributed by atoms with van der Waals surface area (Å²) in [5, 5.41) is 10.5. The van der Waals surface area contributed by atoms with Crippen molar-refractivity contribution in [3.05, 3.63) is 52.0 Å². The predicted molar refractivity (Wildman–Crippen MR) is 66.6 cm³/mol. The summed E-state index contributed by atoms with van der Waals surface area (Å²) in [7, 11) is 0. The number of aromatic nitrogens is 1. The van der Waals surface area contributed by atoms with E-state index in [1.54, 1.807) is 24.5 Å². The molecule has 2 aromatic rings. The molecule has 0 aliphatic rings. The molecule has 0 saturated carbocycles. The topological polar surface area (TPSA) is 33.1 Å². The molecule has 84 valence electrons. The number of rotatable bonds is 4. The number of nitrogens with zero attached hydrogens (tertiary/aromatic N) is 1. The third kappa shape index (κ3) is 2.90. The lowest BCUT2D eigenvalue weighted by molar-refractivity contribution is 0.203. The molecule has 1 unspecified atom stereocenters. The largest absolute Gasteiger partial charge is 0.388 e. The molecule has 1 aromatic carbocycles. The summed E-state index contributed by atoms with van der Waals surface area (Å²) in [5.74, 6) is 0. The summed E-state index contributed by atoms with van der Waals surface area (Å²) in [6.45, 7) is 1.77. The van der Waals surface area contributed by atoms with Gasteiger partial charge in [-0.15, -0.1) is 11.3 Å². The van der Waals surface area contributed by atoms with E-state index in [4.69, 9.17) is 0 Å². The second kappa shape index (κ2) is 5.23. The van der Waals surface area contributed by atoms with E-state index >= 15 is 0 Å². The third-order valence-electron chi connectivity index (χ3n) is 2.45. The van der Waals surface area contributed by atoms with Crippen LogP contribution in [0.25, 0.3) is 0 Å². The van der Waals surface area contributed by atoms with Gasteiger partial charge in [0, 0.05) is 12.6 Å². The van der Waals surface area contributed by atoms with E-state index in [1.165, 1.54) is 5.56 Å². The second-order valence-corrected chi connectivity index (χ2v) is 4.96. The Bertz CT molecular complexity index is 436. The van der Waals surface area contributed by atoms with Crippen molar-refractivity contribution >= 4 is 11.3 Å². The molecule has 2 nitrogen and oxygen atoms in total. The van der Waals surface area contributed by atoms with Crippen LogP contribution in [0.2, 0.25) is 0 Å². The molecule has 0 aliphatic carbocycles. The van der Waals surface area contributed by atoms with Crippen LogP contribution in [-0.2, 0) is 12.8 Å². The molecule has 0 aliphatic heterocycles. The molecule has 0 fully saturated rings. The van der Waals surface area contributed by atoms with Crippen molar-refractivity contribution in [2.45, 2.75) is 25.9 Å². The van der Waals surface area contributed by atoms with Crippen LogP contribution in [-0.4, -0.2) is 10.1 Å². The number of benzene rings is 1. The van der Waals surface area contributed by atoms with Gasteiger partial charge in [0.05, 0.1) is 16.0 Å². The molecule has 0 bridgehead atoms. The smallest absolute Gasteiger partial charge is 0.0932 e. The van der Waals surface area contributed by atoms with Gasteiger partial charge < -0.3 is 5.11 Å². The van der Waals surface area contributed by atoms with Gasteiger partial charge in [-0.2, -0.15) is 0 Å². The highest BCUT2D eigenvalue weighted by atomic mass is 32.1. The number of hydrogen-bond acceptors (Lipinski definition) is 3. The highest BCUT2D eigenvalue weighted by molar-refractivity contribution is 7.11. The molecule has 0 saturated heterocycles. The maximum absolute atomic E-state index is 9.39. The summed E-state index contributed by atoms with van der Waals surface area (Å²) in [5.41, 5.74) is 1.33. The number of hydrogen-bond donors (Lipinski definition) is 1. The molecule has 2 rings (SSSR count). The Morgan fingerprint density at radius 1 is 1.25 bits per heavy atom. The fourth-order valence-electron chi connectivity index (χ4n) is 1.53. The normalized spacial score (nSPS) is 12.6. The Morgan fingerprint density at radius 2 is 2.00 bits per heavy atom. The monoisotopic (exact) mass is 233 g/mol. The fraction of sp³-hybridized carbons (Fsp3) is 0.308. The standard InChI is InChI=1S/C13H15NOS/c1-10(15)12-9-14-13(16-12)8-7-11-5-3-2-4-6-11/h2-6,9-10,15H,7-8H2,1H3. The summed E-state index contributed by atoms with van der Waals surface area (Å²) >= 11 is 1.60. The van der Waals surface area contributed by atoms with Gasteiger partial charge in [0.25, 0.3) is 0 Å². The lowest BCUT2D eigenvalue weighted by atomic mass is 10.1. The number of aryl methyl sites for hydroxylation is 2. The van der Waals surface area contributed by atoms with Gasteiger partial charge in [-0.25, -0.2) is 4.98 Å². The number of aliphatic hydroxyl groups excluding tert-OH is 1. The highest BCUT2D eigenvalue weighted by Gasteiger charge is 2.06. The van der Waals surface area contributed by atoms with Crippen LogP contribution in [0.1, 0.15) is 28.5 Å². The number of thiazole rings is 1. The average Bonchev–Trinajstić information content (AvgIpc) is 2.76. The van der Waals surface area contributed by atoms with Crippen LogP contribution in [0.15, 0.2) is 36.5 Å². The Kier molecular flexibility index (Phi) is 3.70. The van der Waals surface area contributed by atoms with E-state index in [0.717, 1.165) is 22.7 Å². The maximum Gasteiger partial charge on any atom is 0.0932 e. The van der Waals surface area contributed by atoms with Crippen LogP contribution in [0, 0.1) is 0 Å². The summed E-state index contributed by atoms with van der Waals surface area (Å²) in [4.78, 5) is 5.26. The maximum atomic E-state index is 9.39. The first-order valence-corrected chi connectivity index (χ1v) is 6.24. The molecular weight excluding hydrogens is 218 g/mol. The van der Waals surface area contributed by atoms with Crippen molar-refractivity contribution in [3.63, 3.8) is 0 Å². The van der Waals surface area contributed by atoms with Crippen molar-refractivity contribution in [1.82, 2.24) is 4.98 Å². The SMILES string of the molecule is CC(O)c1cnc(CCc2ccccc2)s1. The first-order valence-electron chi connectivity index (χ1n) is 5.42. The fourth-order valence-corrected chi connectivity index (χ4v) is 2.39. The van der Waals surface area contributed by atoms with Crippen LogP contribution in [0.3, 0.4) is 0 Å². The van der Waals surface area contributed by atoms with Crippen LogP contribution in [0.4, 0.5) is 0 Å². The third-order valence-corrected chi connectivity index (χ3v) is 3.68. The minimum Gasteiger partial charge on any atom is -0.388 e. The zero-order valence-electron chi connectivity index (χ0n) is 9.26. The van der Waals surface area contributed by atoms with Gasteiger partial charge >= 0.3 is 0 Å². The van der Waals surface area contributed by atoms with Gasteiger partial charge in [0.2, 0.25) is 0 Å². The molecular formula is C13H15NOS. The van der Waals surface area contributed by atoms with Crippen molar-refractivity contribution in [1.29, 1.82) is 0 Å². The van der Waals surface area contributed by atoms with E-state index in [9.17, 15) is 5.11 Å². The van der Waals surface area contributed by atoms with Crippen LogP contribution >= 0.6 is 11.3 Å². The predicted octanol–water partition coefficient (Wildman–Crippen LogP) is 2.98. The van der Waals surface area contributed by atoms with Gasteiger partial charge in [0.15, 0.2) is 0 Å². The minimum absolute atomic E-state index is 0.400. The van der Waals surface area contributed by atoms with E-state index in [-0.39, 0.29) is 0 Å².